The molecule has 6 heteroatoms. The lowest BCUT2D eigenvalue weighted by atomic mass is 10.0. The van der Waals surface area contributed by atoms with Crippen LogP contribution >= 0.6 is 0 Å². The van der Waals surface area contributed by atoms with Crippen LogP contribution in [0.5, 0.6) is 5.75 Å². The van der Waals surface area contributed by atoms with E-state index in [1.54, 1.807) is 31.4 Å². The van der Waals surface area contributed by atoms with Crippen LogP contribution in [0, 0.1) is 0 Å². The minimum atomic E-state index is -0.674. The maximum atomic E-state index is 12.4. The minimum absolute atomic E-state index is 0.263. The van der Waals surface area contributed by atoms with Crippen molar-refractivity contribution in [3.63, 3.8) is 0 Å². The van der Waals surface area contributed by atoms with Crippen molar-refractivity contribution in [2.45, 2.75) is 12.1 Å². The number of hydrogen-bond donors (Lipinski definition) is 3. The van der Waals surface area contributed by atoms with Gasteiger partial charge in [0.15, 0.2) is 0 Å². The molecule has 3 rings (SSSR count). The van der Waals surface area contributed by atoms with E-state index in [0.29, 0.717) is 11.3 Å². The van der Waals surface area contributed by atoms with Gasteiger partial charge in [-0.3, -0.25) is 15.0 Å². The molecule has 6 nitrogen and oxygen atoms in total. The number of hydrogen-bond acceptors (Lipinski definition) is 4. The Balaban J connectivity index is 1.76. The number of hydrazine groups is 1. The fraction of sp³-hybridized carbons (Fsp3) is 0.176. The number of benzene rings is 2. The van der Waals surface area contributed by atoms with Crippen LogP contribution in [0.3, 0.4) is 0 Å². The van der Waals surface area contributed by atoms with Crippen LogP contribution in [-0.4, -0.2) is 25.0 Å². The second-order valence-electron chi connectivity index (χ2n) is 5.20. The molecule has 0 spiro atoms. The molecular formula is C17H17N3O3. The quantitative estimate of drug-likeness (QED) is 0.792. The molecule has 0 bridgehead atoms. The van der Waals surface area contributed by atoms with Crippen LogP contribution in [0.2, 0.25) is 0 Å². The molecule has 1 fully saturated rings. The molecular weight excluding hydrogens is 294 g/mol. The number of amides is 2. The van der Waals surface area contributed by atoms with Crippen LogP contribution in [0.4, 0.5) is 0 Å². The molecule has 23 heavy (non-hydrogen) atoms. The van der Waals surface area contributed by atoms with Crippen molar-refractivity contribution in [3.05, 3.63) is 65.7 Å². The highest BCUT2D eigenvalue weighted by Gasteiger charge is 2.36. The molecule has 2 aromatic rings. The van der Waals surface area contributed by atoms with Gasteiger partial charge in [-0.25, -0.2) is 5.43 Å². The lowest BCUT2D eigenvalue weighted by Gasteiger charge is -2.18. The summed E-state index contributed by atoms with van der Waals surface area (Å²) in [4.78, 5) is 24.4. The zero-order valence-electron chi connectivity index (χ0n) is 12.6. The summed E-state index contributed by atoms with van der Waals surface area (Å²) < 4.78 is 5.07. The highest BCUT2D eigenvalue weighted by Crippen LogP contribution is 2.20. The first-order valence-electron chi connectivity index (χ1n) is 7.24. The number of ether oxygens (including phenoxy) is 1. The summed E-state index contributed by atoms with van der Waals surface area (Å²) in [7, 11) is 1.56. The topological polar surface area (TPSA) is 79.5 Å². The van der Waals surface area contributed by atoms with Gasteiger partial charge in [-0.2, -0.15) is 0 Å². The van der Waals surface area contributed by atoms with E-state index in [1.165, 1.54) is 0 Å². The third kappa shape index (κ3) is 3.17. The molecule has 0 radical (unpaired) electrons. The Bertz CT molecular complexity index is 701. The van der Waals surface area contributed by atoms with Crippen molar-refractivity contribution < 1.29 is 14.3 Å². The molecule has 1 saturated heterocycles. The Hall–Kier alpha value is -2.86. The van der Waals surface area contributed by atoms with Gasteiger partial charge in [0.25, 0.3) is 11.8 Å². The van der Waals surface area contributed by atoms with Crippen LogP contribution < -0.4 is 20.9 Å². The van der Waals surface area contributed by atoms with Gasteiger partial charge >= 0.3 is 0 Å². The first-order chi connectivity index (χ1) is 11.2. The summed E-state index contributed by atoms with van der Waals surface area (Å²) >= 11 is 0. The van der Waals surface area contributed by atoms with E-state index in [0.717, 1.165) is 5.56 Å². The number of nitrogens with one attached hydrogen (secondary N) is 3. The minimum Gasteiger partial charge on any atom is -0.497 e. The molecule has 118 valence electrons. The largest absolute Gasteiger partial charge is 0.497 e. The lowest BCUT2D eigenvalue weighted by Crippen LogP contribution is -2.42. The molecule has 0 aromatic heterocycles. The Morgan fingerprint density at radius 3 is 2.43 bits per heavy atom. The summed E-state index contributed by atoms with van der Waals surface area (Å²) in [6, 6.07) is 15.2. The van der Waals surface area contributed by atoms with E-state index in [9.17, 15) is 9.59 Å². The molecule has 2 aromatic carbocycles. The van der Waals surface area contributed by atoms with Crippen molar-refractivity contribution in [2.75, 3.05) is 7.11 Å². The van der Waals surface area contributed by atoms with Gasteiger partial charge in [0.1, 0.15) is 11.8 Å². The molecule has 2 amide bonds. The lowest BCUT2D eigenvalue weighted by molar-refractivity contribution is -0.121. The highest BCUT2D eigenvalue weighted by atomic mass is 16.5. The second kappa shape index (κ2) is 6.50. The number of rotatable bonds is 4. The molecule has 0 unspecified atom stereocenters. The van der Waals surface area contributed by atoms with E-state index in [2.05, 4.69) is 16.2 Å². The van der Waals surface area contributed by atoms with E-state index in [4.69, 9.17) is 4.74 Å². The molecule has 1 aliphatic heterocycles. The van der Waals surface area contributed by atoms with Gasteiger partial charge in [-0.15, -0.1) is 0 Å². The van der Waals surface area contributed by atoms with Crippen LogP contribution in [-0.2, 0) is 4.79 Å². The van der Waals surface area contributed by atoms with Crippen molar-refractivity contribution in [2.24, 2.45) is 0 Å². The number of carbonyl (C=O) groups is 2. The zero-order valence-corrected chi connectivity index (χ0v) is 12.6. The summed E-state index contributed by atoms with van der Waals surface area (Å²) in [6.45, 7) is 0. The second-order valence-corrected chi connectivity index (χ2v) is 5.20. The van der Waals surface area contributed by atoms with E-state index < -0.39 is 6.04 Å². The van der Waals surface area contributed by atoms with Crippen LogP contribution in [0.15, 0.2) is 54.6 Å². The predicted octanol–water partition coefficient (Wildman–Crippen LogP) is 1.17. The monoisotopic (exact) mass is 311 g/mol. The number of methoxy groups -OCH3 is 1. The van der Waals surface area contributed by atoms with Gasteiger partial charge in [0.05, 0.1) is 13.2 Å². The third-order valence-corrected chi connectivity index (χ3v) is 3.76. The maximum Gasteiger partial charge on any atom is 0.258 e. The normalized spacial score (nSPS) is 20.0. The molecule has 0 aliphatic carbocycles. The standard InChI is InChI=1S/C17H17N3O3/c1-23-13-9-7-12(8-10-13)16(21)18-15-14(19-20-17(15)22)11-5-3-2-4-6-11/h2-10,14-15,19H,1H3,(H,18,21)(H,20,22)/t14-,15+/m1/s1. The smallest absolute Gasteiger partial charge is 0.258 e. The first kappa shape index (κ1) is 15.1. The number of carbonyl (C=O) groups excluding carboxylic acids is 2. The van der Waals surface area contributed by atoms with Crippen molar-refractivity contribution in [1.82, 2.24) is 16.2 Å². The Kier molecular flexibility index (Phi) is 4.25. The Labute approximate surface area is 133 Å². The molecule has 1 heterocycles. The summed E-state index contributed by atoms with van der Waals surface area (Å²) in [5, 5.41) is 2.78. The summed E-state index contributed by atoms with van der Waals surface area (Å²) in [5.74, 6) is 0.0992. The van der Waals surface area contributed by atoms with Crippen LogP contribution in [0.25, 0.3) is 0 Å². The molecule has 0 saturated carbocycles. The van der Waals surface area contributed by atoms with E-state index >= 15 is 0 Å². The summed E-state index contributed by atoms with van der Waals surface area (Å²) in [6.07, 6.45) is 0. The van der Waals surface area contributed by atoms with Gasteiger partial charge in [0, 0.05) is 5.56 Å². The fourth-order valence-corrected chi connectivity index (χ4v) is 2.51. The maximum absolute atomic E-state index is 12.4. The van der Waals surface area contributed by atoms with Crippen molar-refractivity contribution >= 4 is 11.8 Å². The summed E-state index contributed by atoms with van der Waals surface area (Å²) in [5.41, 5.74) is 6.87. The van der Waals surface area contributed by atoms with Gasteiger partial charge < -0.3 is 10.1 Å². The molecule has 3 N–H and O–H groups in total. The first-order valence-corrected chi connectivity index (χ1v) is 7.24. The Morgan fingerprint density at radius 2 is 1.78 bits per heavy atom. The fourth-order valence-electron chi connectivity index (χ4n) is 2.51. The zero-order chi connectivity index (χ0) is 16.2. The van der Waals surface area contributed by atoms with E-state index in [-0.39, 0.29) is 17.9 Å². The molecule has 2 atom stereocenters. The molecule has 1 aliphatic rings. The average molecular weight is 311 g/mol. The van der Waals surface area contributed by atoms with Crippen LogP contribution in [0.1, 0.15) is 22.0 Å². The highest BCUT2D eigenvalue weighted by molar-refractivity contribution is 5.98. The van der Waals surface area contributed by atoms with Gasteiger partial charge in [-0.05, 0) is 29.8 Å². The Morgan fingerprint density at radius 1 is 1.09 bits per heavy atom. The third-order valence-electron chi connectivity index (χ3n) is 3.76. The average Bonchev–Trinajstić information content (AvgIpc) is 2.96. The SMILES string of the molecule is COc1ccc(C(=O)N[C@@H]2C(=O)NN[C@@H]2c2ccccc2)cc1. The van der Waals surface area contributed by atoms with Gasteiger partial charge in [-0.1, -0.05) is 30.3 Å². The predicted molar refractivity (Wildman–Crippen MR) is 84.7 cm³/mol. The van der Waals surface area contributed by atoms with Crippen molar-refractivity contribution in [3.8, 4) is 5.75 Å². The van der Waals surface area contributed by atoms with Gasteiger partial charge in [0.2, 0.25) is 0 Å². The van der Waals surface area contributed by atoms with E-state index in [1.807, 2.05) is 30.3 Å². The van der Waals surface area contributed by atoms with Crippen molar-refractivity contribution in [1.29, 1.82) is 0 Å².